The first-order valence-electron chi connectivity index (χ1n) is 7.68. The Morgan fingerprint density at radius 3 is 2.12 bits per heavy atom. The van der Waals surface area contributed by atoms with Crippen molar-refractivity contribution in [1.29, 1.82) is 0 Å². The molecule has 0 fully saturated rings. The highest BCUT2D eigenvalue weighted by molar-refractivity contribution is 7.89. The number of rotatable bonds is 7. The second kappa shape index (κ2) is 7.68. The van der Waals surface area contributed by atoms with Gasteiger partial charge in [0.15, 0.2) is 11.5 Å². The summed E-state index contributed by atoms with van der Waals surface area (Å²) in [6, 6.07) is 14.0. The van der Waals surface area contributed by atoms with Gasteiger partial charge in [0.1, 0.15) is 0 Å². The fourth-order valence-corrected chi connectivity index (χ4v) is 4.06. The quantitative estimate of drug-likeness (QED) is 0.769. The fraction of sp³-hybridized carbons (Fsp3) is 0.333. The third-order valence-corrected chi connectivity index (χ3v) is 5.74. The maximum Gasteiger partial charge on any atom is 0.243 e. The number of hydrogen-bond acceptors (Lipinski definition) is 4. The summed E-state index contributed by atoms with van der Waals surface area (Å²) in [6.45, 7) is 4.04. The molecule has 2 rings (SSSR count). The van der Waals surface area contributed by atoms with Crippen molar-refractivity contribution in [2.45, 2.75) is 31.3 Å². The maximum absolute atomic E-state index is 13.1. The smallest absolute Gasteiger partial charge is 0.243 e. The molecular formula is C18H23NO4S. The summed E-state index contributed by atoms with van der Waals surface area (Å²) in [5.41, 5.74) is 0.940. The first-order chi connectivity index (χ1) is 11.4. The molecule has 6 heteroatoms. The molecular weight excluding hydrogens is 326 g/mol. The minimum Gasteiger partial charge on any atom is -0.493 e. The van der Waals surface area contributed by atoms with Gasteiger partial charge in [0.05, 0.1) is 19.1 Å². The van der Waals surface area contributed by atoms with Crippen LogP contribution in [0.4, 0.5) is 0 Å². The van der Waals surface area contributed by atoms with Gasteiger partial charge in [0.2, 0.25) is 10.0 Å². The molecule has 0 aliphatic rings. The zero-order chi connectivity index (χ0) is 17.7. The van der Waals surface area contributed by atoms with Gasteiger partial charge in [0, 0.05) is 18.7 Å². The molecule has 0 heterocycles. The molecule has 24 heavy (non-hydrogen) atoms. The van der Waals surface area contributed by atoms with Crippen LogP contribution < -0.4 is 9.47 Å². The largest absolute Gasteiger partial charge is 0.493 e. The normalized spacial score (nSPS) is 11.8. The van der Waals surface area contributed by atoms with E-state index in [0.717, 1.165) is 5.56 Å². The summed E-state index contributed by atoms with van der Waals surface area (Å²) in [6.07, 6.45) is 0. The van der Waals surface area contributed by atoms with Crippen molar-refractivity contribution in [3.05, 3.63) is 54.1 Å². The van der Waals surface area contributed by atoms with Crippen LogP contribution in [0.15, 0.2) is 53.4 Å². The Morgan fingerprint density at radius 2 is 1.58 bits per heavy atom. The van der Waals surface area contributed by atoms with E-state index in [9.17, 15) is 8.42 Å². The van der Waals surface area contributed by atoms with Crippen LogP contribution in [0, 0.1) is 0 Å². The molecule has 0 N–H and O–H groups in total. The zero-order valence-electron chi connectivity index (χ0n) is 14.4. The van der Waals surface area contributed by atoms with Gasteiger partial charge < -0.3 is 9.47 Å². The second-order valence-corrected chi connectivity index (χ2v) is 7.54. The third kappa shape index (κ3) is 3.88. The van der Waals surface area contributed by atoms with Crippen LogP contribution in [-0.4, -0.2) is 33.0 Å². The average Bonchev–Trinajstić information content (AvgIpc) is 2.59. The van der Waals surface area contributed by atoms with E-state index >= 15 is 0 Å². The van der Waals surface area contributed by atoms with Gasteiger partial charge in [-0.15, -0.1) is 0 Å². The van der Waals surface area contributed by atoms with Crippen LogP contribution in [0.5, 0.6) is 11.5 Å². The SMILES string of the molecule is COc1ccc(S(=O)(=O)N(Cc2ccccc2)C(C)C)cc1OC. The lowest BCUT2D eigenvalue weighted by molar-refractivity contribution is 0.344. The summed E-state index contributed by atoms with van der Waals surface area (Å²) >= 11 is 0. The molecule has 0 radical (unpaired) electrons. The molecule has 5 nitrogen and oxygen atoms in total. The van der Waals surface area contributed by atoms with Gasteiger partial charge in [-0.25, -0.2) is 8.42 Å². The van der Waals surface area contributed by atoms with E-state index in [1.165, 1.54) is 30.7 Å². The first kappa shape index (κ1) is 18.3. The topological polar surface area (TPSA) is 55.8 Å². The summed E-state index contributed by atoms with van der Waals surface area (Å²) in [5, 5.41) is 0. The lowest BCUT2D eigenvalue weighted by Gasteiger charge is -2.26. The van der Waals surface area contributed by atoms with Gasteiger partial charge in [-0.3, -0.25) is 0 Å². The van der Waals surface area contributed by atoms with Crippen molar-refractivity contribution in [2.75, 3.05) is 14.2 Å². The Morgan fingerprint density at radius 1 is 0.958 bits per heavy atom. The summed E-state index contributed by atoms with van der Waals surface area (Å²) in [7, 11) is -0.658. The lowest BCUT2D eigenvalue weighted by Crippen LogP contribution is -2.36. The van der Waals surface area contributed by atoms with Crippen molar-refractivity contribution in [3.63, 3.8) is 0 Å². The van der Waals surface area contributed by atoms with Crippen LogP contribution in [0.25, 0.3) is 0 Å². The number of sulfonamides is 1. The van der Waals surface area contributed by atoms with Gasteiger partial charge in [-0.2, -0.15) is 4.31 Å². The van der Waals surface area contributed by atoms with Crippen molar-refractivity contribution in [3.8, 4) is 11.5 Å². The van der Waals surface area contributed by atoms with Crippen molar-refractivity contribution in [1.82, 2.24) is 4.31 Å². The van der Waals surface area contributed by atoms with Crippen LogP contribution in [0.3, 0.4) is 0 Å². The summed E-state index contributed by atoms with van der Waals surface area (Å²) in [4.78, 5) is 0.185. The molecule has 0 spiro atoms. The number of benzene rings is 2. The van der Waals surface area contributed by atoms with E-state index in [0.29, 0.717) is 18.0 Å². The predicted octanol–water partition coefficient (Wildman–Crippen LogP) is 3.30. The highest BCUT2D eigenvalue weighted by Gasteiger charge is 2.28. The van der Waals surface area contributed by atoms with E-state index in [1.54, 1.807) is 6.07 Å². The molecule has 0 unspecified atom stereocenters. The predicted molar refractivity (Wildman–Crippen MR) is 93.9 cm³/mol. The van der Waals surface area contributed by atoms with E-state index in [-0.39, 0.29) is 10.9 Å². The Bertz CT molecular complexity index is 773. The minimum absolute atomic E-state index is 0.177. The van der Waals surface area contributed by atoms with E-state index in [2.05, 4.69) is 0 Å². The first-order valence-corrected chi connectivity index (χ1v) is 9.12. The highest BCUT2D eigenvalue weighted by Crippen LogP contribution is 2.31. The molecule has 0 saturated heterocycles. The molecule has 2 aromatic carbocycles. The van der Waals surface area contributed by atoms with Gasteiger partial charge in [-0.1, -0.05) is 30.3 Å². The van der Waals surface area contributed by atoms with Crippen molar-refractivity contribution < 1.29 is 17.9 Å². The molecule has 0 amide bonds. The molecule has 0 aromatic heterocycles. The molecule has 130 valence electrons. The Kier molecular flexibility index (Phi) is 5.85. The van der Waals surface area contributed by atoms with Crippen LogP contribution in [0.2, 0.25) is 0 Å². The molecule has 0 atom stereocenters. The molecule has 0 aliphatic heterocycles. The lowest BCUT2D eigenvalue weighted by atomic mass is 10.2. The van der Waals surface area contributed by atoms with Crippen LogP contribution in [-0.2, 0) is 16.6 Å². The number of methoxy groups -OCH3 is 2. The average molecular weight is 349 g/mol. The van der Waals surface area contributed by atoms with E-state index in [1.807, 2.05) is 44.2 Å². The summed E-state index contributed by atoms with van der Waals surface area (Å²) in [5.74, 6) is 0.887. The summed E-state index contributed by atoms with van der Waals surface area (Å²) < 4.78 is 38.0. The molecule has 0 bridgehead atoms. The van der Waals surface area contributed by atoms with E-state index in [4.69, 9.17) is 9.47 Å². The zero-order valence-corrected chi connectivity index (χ0v) is 15.2. The number of hydrogen-bond donors (Lipinski definition) is 0. The monoisotopic (exact) mass is 349 g/mol. The van der Waals surface area contributed by atoms with Crippen molar-refractivity contribution in [2.24, 2.45) is 0 Å². The van der Waals surface area contributed by atoms with Crippen LogP contribution >= 0.6 is 0 Å². The maximum atomic E-state index is 13.1. The molecule has 2 aromatic rings. The van der Waals surface area contributed by atoms with Gasteiger partial charge >= 0.3 is 0 Å². The van der Waals surface area contributed by atoms with Gasteiger partial charge in [-0.05, 0) is 31.5 Å². The Hall–Kier alpha value is -2.05. The van der Waals surface area contributed by atoms with Crippen molar-refractivity contribution >= 4 is 10.0 Å². The fourth-order valence-electron chi connectivity index (χ4n) is 2.42. The molecule has 0 aliphatic carbocycles. The molecule has 0 saturated carbocycles. The number of ether oxygens (including phenoxy) is 2. The Labute approximate surface area is 143 Å². The minimum atomic E-state index is -3.66. The van der Waals surface area contributed by atoms with Gasteiger partial charge in [0.25, 0.3) is 0 Å². The number of nitrogens with zero attached hydrogens (tertiary/aromatic N) is 1. The van der Waals surface area contributed by atoms with Crippen LogP contribution in [0.1, 0.15) is 19.4 Å². The Balaban J connectivity index is 2.41. The third-order valence-electron chi connectivity index (χ3n) is 3.72. The second-order valence-electron chi connectivity index (χ2n) is 5.65. The standard InChI is InChI=1S/C18H23NO4S/c1-14(2)19(13-15-8-6-5-7-9-15)24(20,21)16-10-11-17(22-3)18(12-16)23-4/h5-12,14H,13H2,1-4H3. The van der Waals surface area contributed by atoms with E-state index < -0.39 is 10.0 Å². The highest BCUT2D eigenvalue weighted by atomic mass is 32.2.